The number of rotatable bonds is 4. The summed E-state index contributed by atoms with van der Waals surface area (Å²) in [7, 11) is -3.25. The first-order valence-corrected chi connectivity index (χ1v) is 5.82. The zero-order valence-corrected chi connectivity index (χ0v) is 8.37. The number of hydrogen-bond acceptors (Lipinski definition) is 4. The molecule has 0 amide bonds. The number of hydrogen-bond donors (Lipinski definition) is 0. The van der Waals surface area contributed by atoms with Crippen molar-refractivity contribution in [2.75, 3.05) is 5.75 Å². The van der Waals surface area contributed by atoms with Crippen molar-refractivity contribution >= 4 is 9.84 Å². The van der Waals surface area contributed by atoms with Crippen LogP contribution in [0, 0.1) is 11.3 Å². The van der Waals surface area contributed by atoms with Gasteiger partial charge >= 0.3 is 0 Å². The second-order valence-corrected chi connectivity index (χ2v) is 4.88. The molecule has 14 heavy (non-hydrogen) atoms. The quantitative estimate of drug-likeness (QED) is 0.699. The maximum Gasteiger partial charge on any atom is 0.179 e. The van der Waals surface area contributed by atoms with E-state index < -0.39 is 9.84 Å². The lowest BCUT2D eigenvalue weighted by Crippen LogP contribution is -2.06. The van der Waals surface area contributed by atoms with E-state index in [1.165, 1.54) is 18.5 Å². The fourth-order valence-electron chi connectivity index (χ4n) is 0.990. The molecule has 74 valence electrons. The van der Waals surface area contributed by atoms with Crippen molar-refractivity contribution in [2.45, 2.75) is 17.7 Å². The lowest BCUT2D eigenvalue weighted by Gasteiger charge is -2.00. The molecular weight excluding hydrogens is 200 g/mol. The standard InChI is InChI=1S/C9H10N2O2S/c10-5-1-2-7-14(12,13)9-4-3-6-11-8-9/h3-4,6,8H,1-2,7H2. The molecule has 1 rings (SSSR count). The van der Waals surface area contributed by atoms with Crippen LogP contribution in [0.3, 0.4) is 0 Å². The molecule has 1 aromatic rings. The molecule has 0 atom stereocenters. The first-order valence-electron chi connectivity index (χ1n) is 4.16. The highest BCUT2D eigenvalue weighted by Crippen LogP contribution is 2.10. The summed E-state index contributed by atoms with van der Waals surface area (Å²) in [6.07, 6.45) is 3.48. The van der Waals surface area contributed by atoms with Crippen molar-refractivity contribution in [3.05, 3.63) is 24.5 Å². The van der Waals surface area contributed by atoms with Gasteiger partial charge in [0.05, 0.1) is 16.7 Å². The summed E-state index contributed by atoms with van der Waals surface area (Å²) in [6.45, 7) is 0. The third-order valence-corrected chi connectivity index (χ3v) is 3.48. The Morgan fingerprint density at radius 3 is 2.86 bits per heavy atom. The highest BCUT2D eigenvalue weighted by atomic mass is 32.2. The maximum absolute atomic E-state index is 11.6. The highest BCUT2D eigenvalue weighted by Gasteiger charge is 2.13. The number of nitrogens with zero attached hydrogens (tertiary/aromatic N) is 2. The average molecular weight is 210 g/mol. The van der Waals surface area contributed by atoms with E-state index in [1.54, 1.807) is 6.07 Å². The van der Waals surface area contributed by atoms with Crippen LogP contribution >= 0.6 is 0 Å². The van der Waals surface area contributed by atoms with Crippen molar-refractivity contribution < 1.29 is 8.42 Å². The Balaban J connectivity index is 2.73. The number of nitriles is 1. The van der Waals surface area contributed by atoms with Gasteiger partial charge in [-0.25, -0.2) is 8.42 Å². The zero-order chi connectivity index (χ0) is 10.4. The van der Waals surface area contributed by atoms with E-state index >= 15 is 0 Å². The zero-order valence-electron chi connectivity index (χ0n) is 7.55. The van der Waals surface area contributed by atoms with Crippen LogP contribution in [0.5, 0.6) is 0 Å². The van der Waals surface area contributed by atoms with E-state index in [2.05, 4.69) is 4.98 Å². The van der Waals surface area contributed by atoms with Gasteiger partial charge in [-0.05, 0) is 18.6 Å². The molecule has 0 aliphatic carbocycles. The van der Waals surface area contributed by atoms with Gasteiger partial charge in [0.1, 0.15) is 0 Å². The summed E-state index contributed by atoms with van der Waals surface area (Å²) in [6, 6.07) is 5.00. The van der Waals surface area contributed by atoms with Gasteiger partial charge in [0.2, 0.25) is 0 Å². The Hall–Kier alpha value is -1.41. The molecule has 0 radical (unpaired) electrons. The first kappa shape index (κ1) is 10.7. The normalized spacial score (nSPS) is 10.8. The van der Waals surface area contributed by atoms with E-state index in [9.17, 15) is 8.42 Å². The Morgan fingerprint density at radius 2 is 2.29 bits per heavy atom. The van der Waals surface area contributed by atoms with Crippen LogP contribution in [-0.2, 0) is 9.84 Å². The minimum atomic E-state index is -3.25. The maximum atomic E-state index is 11.6. The van der Waals surface area contributed by atoms with Gasteiger partial charge in [0.15, 0.2) is 9.84 Å². The predicted molar refractivity (Wildman–Crippen MR) is 51.1 cm³/mol. The third-order valence-electron chi connectivity index (χ3n) is 1.70. The predicted octanol–water partition coefficient (Wildman–Crippen LogP) is 1.16. The number of sulfone groups is 1. The van der Waals surface area contributed by atoms with Gasteiger partial charge in [0, 0.05) is 18.8 Å². The Morgan fingerprint density at radius 1 is 1.50 bits per heavy atom. The summed E-state index contributed by atoms with van der Waals surface area (Å²) in [5, 5.41) is 8.28. The molecule has 1 aromatic heterocycles. The van der Waals surface area contributed by atoms with Crippen LogP contribution in [0.25, 0.3) is 0 Å². The molecule has 0 spiro atoms. The SMILES string of the molecule is N#CCCCS(=O)(=O)c1cccnc1. The summed E-state index contributed by atoms with van der Waals surface area (Å²) >= 11 is 0. The third kappa shape index (κ3) is 2.82. The molecule has 0 fully saturated rings. The molecule has 0 saturated carbocycles. The van der Waals surface area contributed by atoms with E-state index in [0.29, 0.717) is 6.42 Å². The lowest BCUT2D eigenvalue weighted by molar-refractivity contribution is 0.593. The topological polar surface area (TPSA) is 70.8 Å². The lowest BCUT2D eigenvalue weighted by atomic mass is 10.4. The minimum absolute atomic E-state index is 0.00620. The first-order chi connectivity index (χ1) is 6.67. The van der Waals surface area contributed by atoms with Crippen molar-refractivity contribution in [3.8, 4) is 6.07 Å². The number of aromatic nitrogens is 1. The van der Waals surface area contributed by atoms with Crippen LogP contribution in [0.15, 0.2) is 29.4 Å². The molecule has 0 aliphatic heterocycles. The fraction of sp³-hybridized carbons (Fsp3) is 0.333. The molecule has 0 aromatic carbocycles. The van der Waals surface area contributed by atoms with Crippen LogP contribution < -0.4 is 0 Å². The van der Waals surface area contributed by atoms with E-state index in [4.69, 9.17) is 5.26 Å². The summed E-state index contributed by atoms with van der Waals surface area (Å²) in [4.78, 5) is 3.96. The summed E-state index contributed by atoms with van der Waals surface area (Å²) in [5.41, 5.74) is 0. The largest absolute Gasteiger partial charge is 0.263 e. The van der Waals surface area contributed by atoms with Crippen molar-refractivity contribution in [3.63, 3.8) is 0 Å². The highest BCUT2D eigenvalue weighted by molar-refractivity contribution is 7.91. The molecule has 4 nitrogen and oxygen atoms in total. The van der Waals surface area contributed by atoms with Crippen LogP contribution in [0.2, 0.25) is 0 Å². The molecule has 0 aliphatic rings. The number of unbranched alkanes of at least 4 members (excludes halogenated alkanes) is 1. The summed E-state index contributed by atoms with van der Waals surface area (Å²) in [5.74, 6) is 0.00620. The van der Waals surface area contributed by atoms with Crippen LogP contribution in [-0.4, -0.2) is 19.2 Å². The molecule has 0 N–H and O–H groups in total. The van der Waals surface area contributed by atoms with Gasteiger partial charge in [-0.3, -0.25) is 4.98 Å². The van der Waals surface area contributed by atoms with Gasteiger partial charge in [-0.1, -0.05) is 0 Å². The molecule has 0 bridgehead atoms. The second-order valence-electron chi connectivity index (χ2n) is 2.77. The van der Waals surface area contributed by atoms with Crippen molar-refractivity contribution in [1.29, 1.82) is 5.26 Å². The minimum Gasteiger partial charge on any atom is -0.263 e. The molecular formula is C9H10N2O2S. The second kappa shape index (κ2) is 4.72. The fourth-order valence-corrected chi connectivity index (χ4v) is 2.26. The molecule has 1 heterocycles. The Kier molecular flexibility index (Phi) is 3.60. The van der Waals surface area contributed by atoms with Gasteiger partial charge < -0.3 is 0 Å². The van der Waals surface area contributed by atoms with Crippen molar-refractivity contribution in [1.82, 2.24) is 4.98 Å². The van der Waals surface area contributed by atoms with Gasteiger partial charge in [-0.15, -0.1) is 0 Å². The van der Waals surface area contributed by atoms with Crippen molar-refractivity contribution in [2.24, 2.45) is 0 Å². The molecule has 0 unspecified atom stereocenters. The monoisotopic (exact) mass is 210 g/mol. The molecule has 5 heteroatoms. The Bertz CT molecular complexity index is 420. The van der Waals surface area contributed by atoms with Crippen LogP contribution in [0.1, 0.15) is 12.8 Å². The molecule has 0 saturated heterocycles. The number of pyridine rings is 1. The van der Waals surface area contributed by atoms with E-state index in [-0.39, 0.29) is 17.1 Å². The van der Waals surface area contributed by atoms with E-state index in [1.807, 2.05) is 6.07 Å². The Labute approximate surface area is 83.1 Å². The van der Waals surface area contributed by atoms with Gasteiger partial charge in [-0.2, -0.15) is 5.26 Å². The smallest absolute Gasteiger partial charge is 0.179 e. The van der Waals surface area contributed by atoms with Gasteiger partial charge in [0.25, 0.3) is 0 Å². The van der Waals surface area contributed by atoms with Crippen LogP contribution in [0.4, 0.5) is 0 Å². The summed E-state index contributed by atoms with van der Waals surface area (Å²) < 4.78 is 23.1. The van der Waals surface area contributed by atoms with E-state index in [0.717, 1.165) is 0 Å². The average Bonchev–Trinajstić information content (AvgIpc) is 2.19.